The number of hydrogen-bond acceptors (Lipinski definition) is 4. The van der Waals surface area contributed by atoms with E-state index >= 15 is 0 Å². The van der Waals surface area contributed by atoms with Crippen LogP contribution in [0.4, 0.5) is 4.79 Å². The lowest BCUT2D eigenvalue weighted by Gasteiger charge is -2.35. The van der Waals surface area contributed by atoms with Gasteiger partial charge in [-0.25, -0.2) is 9.59 Å². The summed E-state index contributed by atoms with van der Waals surface area (Å²) >= 11 is 0. The smallest absolute Gasteiger partial charge is 0.337 e. The van der Waals surface area contributed by atoms with Gasteiger partial charge in [0.2, 0.25) is 0 Å². The second-order valence-electron chi connectivity index (χ2n) is 5.41. The van der Waals surface area contributed by atoms with Crippen LogP contribution in [0, 0.1) is 0 Å². The predicted molar refractivity (Wildman–Crippen MR) is 74.5 cm³/mol. The molecular formula is C13H25N3O4. The normalized spacial score (nSPS) is 19.1. The van der Waals surface area contributed by atoms with Crippen molar-refractivity contribution in [1.82, 2.24) is 15.5 Å². The zero-order valence-corrected chi connectivity index (χ0v) is 12.2. The summed E-state index contributed by atoms with van der Waals surface area (Å²) in [7, 11) is 0. The summed E-state index contributed by atoms with van der Waals surface area (Å²) in [5, 5.41) is 24.2. The van der Waals surface area contributed by atoms with Gasteiger partial charge in [-0.05, 0) is 39.3 Å². The van der Waals surface area contributed by atoms with E-state index in [9.17, 15) is 14.7 Å². The van der Waals surface area contributed by atoms with Gasteiger partial charge in [0.25, 0.3) is 0 Å². The fourth-order valence-corrected chi connectivity index (χ4v) is 2.23. The zero-order valence-electron chi connectivity index (χ0n) is 12.2. The van der Waals surface area contributed by atoms with Crippen LogP contribution in [0.3, 0.4) is 0 Å². The number of rotatable bonds is 6. The van der Waals surface area contributed by atoms with Crippen molar-refractivity contribution in [3.63, 3.8) is 0 Å². The first-order chi connectivity index (χ1) is 9.38. The number of nitrogens with zero attached hydrogens (tertiary/aromatic N) is 1. The zero-order chi connectivity index (χ0) is 15.2. The van der Waals surface area contributed by atoms with Crippen LogP contribution in [0.5, 0.6) is 0 Å². The van der Waals surface area contributed by atoms with Gasteiger partial charge in [0.15, 0.2) is 5.60 Å². The van der Waals surface area contributed by atoms with E-state index in [2.05, 4.69) is 10.6 Å². The number of piperidine rings is 1. The van der Waals surface area contributed by atoms with Crippen molar-refractivity contribution in [2.75, 3.05) is 26.2 Å². The van der Waals surface area contributed by atoms with Crippen LogP contribution in [-0.4, -0.2) is 64.9 Å². The van der Waals surface area contributed by atoms with Gasteiger partial charge < -0.3 is 25.7 Å². The Morgan fingerprint density at radius 3 is 2.50 bits per heavy atom. The molecule has 0 spiro atoms. The van der Waals surface area contributed by atoms with E-state index < -0.39 is 11.6 Å². The second kappa shape index (κ2) is 7.44. The Hall–Kier alpha value is -1.34. The third kappa shape index (κ3) is 4.64. The molecule has 1 aliphatic rings. The van der Waals surface area contributed by atoms with Gasteiger partial charge in [0.05, 0.1) is 6.54 Å². The number of carboxylic acid groups (broad SMARTS) is 1. The Kier molecular flexibility index (Phi) is 6.22. The lowest BCUT2D eigenvalue weighted by molar-refractivity contribution is -0.155. The van der Waals surface area contributed by atoms with E-state index in [1.54, 1.807) is 4.90 Å². The summed E-state index contributed by atoms with van der Waals surface area (Å²) in [6.45, 7) is 5.26. The molecule has 1 unspecified atom stereocenters. The fourth-order valence-electron chi connectivity index (χ4n) is 2.23. The molecule has 1 aliphatic heterocycles. The highest BCUT2D eigenvalue weighted by Crippen LogP contribution is 2.13. The van der Waals surface area contributed by atoms with Crippen LogP contribution in [-0.2, 0) is 4.79 Å². The lowest BCUT2D eigenvalue weighted by Crippen LogP contribution is -2.54. The van der Waals surface area contributed by atoms with E-state index in [1.165, 1.54) is 6.92 Å². The Balaban J connectivity index is 2.57. The van der Waals surface area contributed by atoms with Crippen LogP contribution >= 0.6 is 0 Å². The minimum Gasteiger partial charge on any atom is -0.479 e. The van der Waals surface area contributed by atoms with Crippen molar-refractivity contribution < 1.29 is 19.8 Å². The fraction of sp³-hybridized carbons (Fsp3) is 0.846. The summed E-state index contributed by atoms with van der Waals surface area (Å²) in [6.07, 6.45) is 2.62. The van der Waals surface area contributed by atoms with Crippen molar-refractivity contribution in [2.45, 2.75) is 44.8 Å². The lowest BCUT2D eigenvalue weighted by atomic mass is 10.0. The summed E-state index contributed by atoms with van der Waals surface area (Å²) in [5.41, 5.74) is -1.94. The third-order valence-electron chi connectivity index (χ3n) is 3.52. The maximum atomic E-state index is 12.2. The molecule has 0 aromatic carbocycles. The van der Waals surface area contributed by atoms with E-state index in [0.29, 0.717) is 6.54 Å². The highest BCUT2D eigenvalue weighted by Gasteiger charge is 2.32. The minimum atomic E-state index is -1.94. The van der Waals surface area contributed by atoms with Crippen LogP contribution in [0.25, 0.3) is 0 Å². The number of aliphatic hydroxyl groups is 1. The Bertz CT molecular complexity index is 341. The monoisotopic (exact) mass is 287 g/mol. The first-order valence-corrected chi connectivity index (χ1v) is 7.09. The Morgan fingerprint density at radius 1 is 1.40 bits per heavy atom. The first kappa shape index (κ1) is 16.7. The van der Waals surface area contributed by atoms with Crippen molar-refractivity contribution in [2.24, 2.45) is 0 Å². The van der Waals surface area contributed by atoms with E-state index in [0.717, 1.165) is 32.4 Å². The minimum absolute atomic E-state index is 0.172. The number of carboxylic acids is 1. The highest BCUT2D eigenvalue weighted by atomic mass is 16.4. The Labute approximate surface area is 119 Å². The number of aliphatic carboxylic acids is 1. The van der Waals surface area contributed by atoms with Crippen LogP contribution in [0.2, 0.25) is 0 Å². The van der Waals surface area contributed by atoms with Crippen LogP contribution < -0.4 is 10.6 Å². The topological polar surface area (TPSA) is 102 Å². The predicted octanol–water partition coefficient (Wildman–Crippen LogP) is -0.00440. The SMILES string of the molecule is CCCN(C(=O)NCC(C)(O)C(=O)O)C1CCNCC1. The number of urea groups is 1. The molecule has 0 saturated carbocycles. The van der Waals surface area contributed by atoms with E-state index in [-0.39, 0.29) is 18.6 Å². The van der Waals surface area contributed by atoms with Gasteiger partial charge in [-0.1, -0.05) is 6.92 Å². The van der Waals surface area contributed by atoms with Crippen molar-refractivity contribution in [3.8, 4) is 0 Å². The number of carbonyl (C=O) groups excluding carboxylic acids is 1. The molecule has 1 saturated heterocycles. The van der Waals surface area contributed by atoms with Gasteiger partial charge in [-0.15, -0.1) is 0 Å². The van der Waals surface area contributed by atoms with Crippen molar-refractivity contribution in [1.29, 1.82) is 0 Å². The molecule has 1 atom stereocenters. The summed E-state index contributed by atoms with van der Waals surface area (Å²) in [5.74, 6) is -1.35. The van der Waals surface area contributed by atoms with Gasteiger partial charge in [-0.3, -0.25) is 0 Å². The molecule has 0 radical (unpaired) electrons. The molecule has 116 valence electrons. The summed E-state index contributed by atoms with van der Waals surface area (Å²) in [4.78, 5) is 24.7. The molecule has 1 rings (SSSR count). The van der Waals surface area contributed by atoms with Crippen molar-refractivity contribution in [3.05, 3.63) is 0 Å². The molecule has 7 nitrogen and oxygen atoms in total. The molecular weight excluding hydrogens is 262 g/mol. The van der Waals surface area contributed by atoms with E-state index in [4.69, 9.17) is 5.11 Å². The average molecular weight is 287 g/mol. The molecule has 1 heterocycles. The molecule has 0 bridgehead atoms. The molecule has 20 heavy (non-hydrogen) atoms. The van der Waals surface area contributed by atoms with E-state index in [1.807, 2.05) is 6.92 Å². The quantitative estimate of drug-likeness (QED) is 0.550. The largest absolute Gasteiger partial charge is 0.479 e. The number of amides is 2. The van der Waals surface area contributed by atoms with Gasteiger partial charge in [0.1, 0.15) is 0 Å². The van der Waals surface area contributed by atoms with Gasteiger partial charge in [-0.2, -0.15) is 0 Å². The second-order valence-corrected chi connectivity index (χ2v) is 5.41. The third-order valence-corrected chi connectivity index (χ3v) is 3.52. The van der Waals surface area contributed by atoms with Gasteiger partial charge in [0, 0.05) is 12.6 Å². The standard InChI is InChI=1S/C13H25N3O4/c1-3-8-16(10-4-6-14-7-5-10)12(19)15-9-13(2,20)11(17)18/h10,14,20H,3-9H2,1-2H3,(H,15,19)(H,17,18). The Morgan fingerprint density at radius 2 is 2.00 bits per heavy atom. The summed E-state index contributed by atoms with van der Waals surface area (Å²) < 4.78 is 0. The first-order valence-electron chi connectivity index (χ1n) is 7.09. The molecule has 2 amide bonds. The molecule has 0 aromatic rings. The van der Waals surface area contributed by atoms with Crippen LogP contribution in [0.15, 0.2) is 0 Å². The maximum Gasteiger partial charge on any atom is 0.337 e. The average Bonchev–Trinajstić information content (AvgIpc) is 2.43. The number of hydrogen-bond donors (Lipinski definition) is 4. The number of nitrogens with one attached hydrogen (secondary N) is 2. The van der Waals surface area contributed by atoms with Crippen molar-refractivity contribution >= 4 is 12.0 Å². The summed E-state index contributed by atoms with van der Waals surface area (Å²) in [6, 6.07) is -0.133. The molecule has 7 heteroatoms. The highest BCUT2D eigenvalue weighted by molar-refractivity contribution is 5.79. The van der Waals surface area contributed by atoms with Crippen LogP contribution in [0.1, 0.15) is 33.1 Å². The maximum absolute atomic E-state index is 12.2. The molecule has 0 aromatic heterocycles. The molecule has 0 aliphatic carbocycles. The number of carbonyl (C=O) groups is 2. The molecule has 1 fully saturated rings. The molecule has 4 N–H and O–H groups in total. The van der Waals surface area contributed by atoms with Gasteiger partial charge >= 0.3 is 12.0 Å².